The molecule has 0 saturated carbocycles. The molecule has 1 atom stereocenters. The van der Waals surface area contributed by atoms with E-state index >= 15 is 0 Å². The second-order valence-electron chi connectivity index (χ2n) is 3.36. The molecular weight excluding hydrogens is 207 g/mol. The summed E-state index contributed by atoms with van der Waals surface area (Å²) < 4.78 is 44.4. The van der Waals surface area contributed by atoms with Gasteiger partial charge < -0.3 is 10.1 Å². The molecule has 2 nitrogen and oxygen atoms in total. The van der Waals surface area contributed by atoms with E-state index in [4.69, 9.17) is 4.74 Å². The lowest BCUT2D eigenvalue weighted by Gasteiger charge is -2.24. The summed E-state index contributed by atoms with van der Waals surface area (Å²) in [6.07, 6.45) is 0. The van der Waals surface area contributed by atoms with Crippen molar-refractivity contribution in [3.63, 3.8) is 0 Å². The normalized spacial score (nSPS) is 21.7. The van der Waals surface area contributed by atoms with Gasteiger partial charge in [-0.3, -0.25) is 0 Å². The number of hydrogen-bond donors (Lipinski definition) is 1. The van der Waals surface area contributed by atoms with Crippen LogP contribution >= 0.6 is 0 Å². The van der Waals surface area contributed by atoms with Crippen LogP contribution in [0.3, 0.4) is 0 Å². The van der Waals surface area contributed by atoms with Gasteiger partial charge in [-0.05, 0) is 0 Å². The van der Waals surface area contributed by atoms with Gasteiger partial charge in [0.2, 0.25) is 0 Å². The molecule has 82 valence electrons. The van der Waals surface area contributed by atoms with Crippen LogP contribution < -0.4 is 5.32 Å². The van der Waals surface area contributed by atoms with E-state index in [1.165, 1.54) is 0 Å². The Morgan fingerprint density at radius 2 is 1.87 bits per heavy atom. The van der Waals surface area contributed by atoms with Gasteiger partial charge in [-0.25, -0.2) is 13.2 Å². The molecule has 0 radical (unpaired) electrons. The molecule has 0 amide bonds. The average molecular weight is 217 g/mol. The monoisotopic (exact) mass is 217 g/mol. The highest BCUT2D eigenvalue weighted by molar-refractivity contribution is 5.24. The van der Waals surface area contributed by atoms with E-state index in [9.17, 15) is 13.2 Å². The van der Waals surface area contributed by atoms with Crippen molar-refractivity contribution in [2.45, 2.75) is 6.04 Å². The third kappa shape index (κ3) is 2.13. The summed E-state index contributed by atoms with van der Waals surface area (Å²) in [5.74, 6) is -2.67. The summed E-state index contributed by atoms with van der Waals surface area (Å²) in [6.45, 7) is 1.24. The molecule has 1 saturated heterocycles. The van der Waals surface area contributed by atoms with Crippen molar-refractivity contribution in [2.24, 2.45) is 0 Å². The van der Waals surface area contributed by atoms with Gasteiger partial charge in [0, 0.05) is 24.2 Å². The third-order valence-electron chi connectivity index (χ3n) is 2.31. The van der Waals surface area contributed by atoms with Crippen LogP contribution in [0.1, 0.15) is 11.6 Å². The Morgan fingerprint density at radius 1 is 1.20 bits per heavy atom. The Labute approximate surface area is 85.0 Å². The molecule has 5 heteroatoms. The molecule has 1 heterocycles. The summed E-state index contributed by atoms with van der Waals surface area (Å²) in [4.78, 5) is 0. The van der Waals surface area contributed by atoms with Crippen LogP contribution in [0.25, 0.3) is 0 Å². The Balaban J connectivity index is 2.33. The van der Waals surface area contributed by atoms with Gasteiger partial charge in [0.05, 0.1) is 19.3 Å². The van der Waals surface area contributed by atoms with E-state index in [-0.39, 0.29) is 12.2 Å². The van der Waals surface area contributed by atoms with E-state index in [0.29, 0.717) is 25.3 Å². The fraction of sp³-hybridized carbons (Fsp3) is 0.400. The van der Waals surface area contributed by atoms with Gasteiger partial charge in [-0.1, -0.05) is 0 Å². The highest BCUT2D eigenvalue weighted by atomic mass is 19.1. The van der Waals surface area contributed by atoms with Crippen LogP contribution in [0.4, 0.5) is 13.2 Å². The zero-order valence-corrected chi connectivity index (χ0v) is 7.90. The maximum absolute atomic E-state index is 13.3. The number of nitrogens with one attached hydrogen (secondary N) is 1. The minimum absolute atomic E-state index is 0.156. The largest absolute Gasteiger partial charge is 0.378 e. The molecule has 1 aromatic carbocycles. The predicted octanol–water partition coefficient (Wildman–Crippen LogP) is 1.76. The molecule has 2 rings (SSSR count). The fourth-order valence-electron chi connectivity index (χ4n) is 1.64. The fourth-order valence-corrected chi connectivity index (χ4v) is 1.64. The van der Waals surface area contributed by atoms with Crippen molar-refractivity contribution in [1.29, 1.82) is 0 Å². The molecule has 1 N–H and O–H groups in total. The average Bonchev–Trinajstić information content (AvgIpc) is 2.17. The second-order valence-corrected chi connectivity index (χ2v) is 3.36. The van der Waals surface area contributed by atoms with E-state index in [0.717, 1.165) is 0 Å². The van der Waals surface area contributed by atoms with Crippen LogP contribution in [0.2, 0.25) is 0 Å². The Kier molecular flexibility index (Phi) is 2.93. The molecular formula is C10H10F3NO. The summed E-state index contributed by atoms with van der Waals surface area (Å²) in [5, 5.41) is 2.91. The first-order valence-electron chi connectivity index (χ1n) is 4.64. The first-order chi connectivity index (χ1) is 7.18. The van der Waals surface area contributed by atoms with Crippen LogP contribution in [0.5, 0.6) is 0 Å². The van der Waals surface area contributed by atoms with Gasteiger partial charge in [-0.2, -0.15) is 0 Å². The maximum atomic E-state index is 13.3. The Morgan fingerprint density at radius 3 is 2.40 bits per heavy atom. The Bertz CT molecular complexity index is 341. The molecule has 0 aliphatic carbocycles. The summed E-state index contributed by atoms with van der Waals surface area (Å²) >= 11 is 0. The van der Waals surface area contributed by atoms with Crippen molar-refractivity contribution in [1.82, 2.24) is 5.32 Å². The smallest absolute Gasteiger partial charge is 0.133 e. The third-order valence-corrected chi connectivity index (χ3v) is 2.31. The van der Waals surface area contributed by atoms with Gasteiger partial charge in [-0.15, -0.1) is 0 Å². The number of halogens is 3. The quantitative estimate of drug-likeness (QED) is 0.774. The van der Waals surface area contributed by atoms with Gasteiger partial charge >= 0.3 is 0 Å². The zero-order valence-electron chi connectivity index (χ0n) is 7.90. The zero-order chi connectivity index (χ0) is 10.8. The second kappa shape index (κ2) is 4.20. The van der Waals surface area contributed by atoms with Crippen molar-refractivity contribution in [3.8, 4) is 0 Å². The van der Waals surface area contributed by atoms with Gasteiger partial charge in [0.25, 0.3) is 0 Å². The van der Waals surface area contributed by atoms with Crippen LogP contribution in [-0.4, -0.2) is 19.8 Å². The Hall–Kier alpha value is -1.07. The minimum atomic E-state index is -0.912. The molecule has 0 spiro atoms. The lowest BCUT2D eigenvalue weighted by Crippen LogP contribution is -2.35. The first-order valence-corrected chi connectivity index (χ1v) is 4.64. The molecule has 1 aliphatic heterocycles. The molecule has 0 aromatic heterocycles. The van der Waals surface area contributed by atoms with Crippen molar-refractivity contribution >= 4 is 0 Å². The van der Waals surface area contributed by atoms with E-state index in [2.05, 4.69) is 5.32 Å². The van der Waals surface area contributed by atoms with Crippen molar-refractivity contribution in [2.75, 3.05) is 19.8 Å². The molecule has 0 unspecified atom stereocenters. The highest BCUT2D eigenvalue weighted by Gasteiger charge is 2.23. The number of hydrogen-bond acceptors (Lipinski definition) is 2. The number of rotatable bonds is 1. The minimum Gasteiger partial charge on any atom is -0.378 e. The first kappa shape index (κ1) is 10.4. The topological polar surface area (TPSA) is 21.3 Å². The molecule has 1 aromatic rings. The maximum Gasteiger partial charge on any atom is 0.133 e. The van der Waals surface area contributed by atoms with Gasteiger partial charge in [0.15, 0.2) is 0 Å². The van der Waals surface area contributed by atoms with E-state index in [1.807, 2.05) is 0 Å². The van der Waals surface area contributed by atoms with Crippen molar-refractivity contribution < 1.29 is 17.9 Å². The van der Waals surface area contributed by atoms with Crippen molar-refractivity contribution in [3.05, 3.63) is 35.1 Å². The predicted molar refractivity (Wildman–Crippen MR) is 47.9 cm³/mol. The summed E-state index contributed by atoms with van der Waals surface area (Å²) in [6, 6.07) is 0.808. The number of ether oxygens (including phenoxy) is 1. The number of benzene rings is 1. The lowest BCUT2D eigenvalue weighted by atomic mass is 10.1. The standard InChI is InChI=1S/C10H10F3NO/c11-6-3-7(12)10(8(13)4-6)9-5-15-2-1-14-9/h3-4,9,14H,1-2,5H2/t9-/m0/s1. The molecule has 1 aliphatic rings. The summed E-state index contributed by atoms with van der Waals surface area (Å²) in [7, 11) is 0. The highest BCUT2D eigenvalue weighted by Crippen LogP contribution is 2.23. The van der Waals surface area contributed by atoms with Crippen LogP contribution in [-0.2, 0) is 4.74 Å². The van der Waals surface area contributed by atoms with Crippen LogP contribution in [0.15, 0.2) is 12.1 Å². The lowest BCUT2D eigenvalue weighted by molar-refractivity contribution is 0.0744. The number of morpholine rings is 1. The molecule has 0 bridgehead atoms. The van der Waals surface area contributed by atoms with Crippen LogP contribution in [0, 0.1) is 17.5 Å². The van der Waals surface area contributed by atoms with E-state index in [1.54, 1.807) is 0 Å². The molecule has 1 fully saturated rings. The molecule has 15 heavy (non-hydrogen) atoms. The van der Waals surface area contributed by atoms with E-state index < -0.39 is 23.5 Å². The van der Waals surface area contributed by atoms with Gasteiger partial charge in [0.1, 0.15) is 17.5 Å². The summed E-state index contributed by atoms with van der Waals surface area (Å²) in [5.41, 5.74) is -0.156. The SMILES string of the molecule is Fc1cc(F)c([C@@H]2COCCN2)c(F)c1.